The molecule has 2 heteroatoms. The molecule has 0 aromatic carbocycles. The van der Waals surface area contributed by atoms with Gasteiger partial charge in [0.05, 0.1) is 12.7 Å². The Labute approximate surface area is 80.2 Å². The van der Waals surface area contributed by atoms with E-state index in [4.69, 9.17) is 4.74 Å². The highest BCUT2D eigenvalue weighted by molar-refractivity contribution is 4.96. The second-order valence-corrected chi connectivity index (χ2v) is 5.44. The summed E-state index contributed by atoms with van der Waals surface area (Å²) in [6.45, 7) is 5.99. The summed E-state index contributed by atoms with van der Waals surface area (Å²) in [6.07, 6.45) is 6.22. The summed E-state index contributed by atoms with van der Waals surface area (Å²) in [4.78, 5) is 2.67. The standard InChI is InChI=1S/C11H19NO/c1-11(3-2-4-11)8-12-6-10-5-9(12)7-13-10/h9-10H,2-8H2,1H3. The zero-order valence-electron chi connectivity index (χ0n) is 8.46. The van der Waals surface area contributed by atoms with Crippen LogP contribution >= 0.6 is 0 Å². The maximum atomic E-state index is 5.61. The van der Waals surface area contributed by atoms with E-state index < -0.39 is 0 Å². The Balaban J connectivity index is 1.61. The minimum atomic E-state index is 0.577. The molecular weight excluding hydrogens is 162 g/mol. The van der Waals surface area contributed by atoms with E-state index in [-0.39, 0.29) is 0 Å². The van der Waals surface area contributed by atoms with E-state index in [9.17, 15) is 0 Å². The van der Waals surface area contributed by atoms with E-state index in [0.29, 0.717) is 11.5 Å². The van der Waals surface area contributed by atoms with Crippen LogP contribution in [-0.4, -0.2) is 36.7 Å². The van der Waals surface area contributed by atoms with E-state index in [1.54, 1.807) is 0 Å². The van der Waals surface area contributed by atoms with E-state index in [0.717, 1.165) is 12.6 Å². The second-order valence-electron chi connectivity index (χ2n) is 5.44. The molecule has 2 atom stereocenters. The van der Waals surface area contributed by atoms with Crippen LogP contribution in [0.1, 0.15) is 32.6 Å². The van der Waals surface area contributed by atoms with Gasteiger partial charge in [0.2, 0.25) is 0 Å². The van der Waals surface area contributed by atoms with Crippen LogP contribution < -0.4 is 0 Å². The molecule has 2 saturated heterocycles. The quantitative estimate of drug-likeness (QED) is 0.642. The smallest absolute Gasteiger partial charge is 0.0718 e. The number of ether oxygens (including phenoxy) is 1. The molecule has 1 saturated carbocycles. The summed E-state index contributed by atoms with van der Waals surface area (Å²) in [7, 11) is 0. The lowest BCUT2D eigenvalue weighted by atomic mass is 9.70. The first kappa shape index (κ1) is 8.25. The van der Waals surface area contributed by atoms with Gasteiger partial charge in [0.15, 0.2) is 0 Å². The lowest BCUT2D eigenvalue weighted by Crippen LogP contribution is -2.45. The average molecular weight is 181 g/mol. The van der Waals surface area contributed by atoms with E-state index in [1.165, 1.54) is 38.8 Å². The van der Waals surface area contributed by atoms with Crippen LogP contribution in [0, 0.1) is 5.41 Å². The fraction of sp³-hybridized carbons (Fsp3) is 1.00. The lowest BCUT2D eigenvalue weighted by Gasteiger charge is -2.43. The molecular formula is C11H19NO. The van der Waals surface area contributed by atoms with Crippen molar-refractivity contribution >= 4 is 0 Å². The van der Waals surface area contributed by atoms with Crippen LogP contribution in [0.3, 0.4) is 0 Å². The first-order chi connectivity index (χ1) is 6.25. The molecule has 2 bridgehead atoms. The summed E-state index contributed by atoms with van der Waals surface area (Å²) in [5.41, 5.74) is 0.657. The van der Waals surface area contributed by atoms with Gasteiger partial charge in [0, 0.05) is 19.1 Å². The van der Waals surface area contributed by atoms with Gasteiger partial charge in [-0.15, -0.1) is 0 Å². The molecule has 3 aliphatic rings. The summed E-state index contributed by atoms with van der Waals surface area (Å²) in [6, 6.07) is 0.766. The molecule has 0 N–H and O–H groups in total. The summed E-state index contributed by atoms with van der Waals surface area (Å²) >= 11 is 0. The highest BCUT2D eigenvalue weighted by Crippen LogP contribution is 2.42. The van der Waals surface area contributed by atoms with Gasteiger partial charge in [-0.1, -0.05) is 13.3 Å². The van der Waals surface area contributed by atoms with E-state index in [1.807, 2.05) is 0 Å². The van der Waals surface area contributed by atoms with Crippen LogP contribution in [0.2, 0.25) is 0 Å². The van der Waals surface area contributed by atoms with Crippen molar-refractivity contribution in [3.05, 3.63) is 0 Å². The maximum absolute atomic E-state index is 5.61. The van der Waals surface area contributed by atoms with Crippen molar-refractivity contribution < 1.29 is 4.74 Å². The Morgan fingerprint density at radius 2 is 2.31 bits per heavy atom. The Morgan fingerprint density at radius 1 is 1.46 bits per heavy atom. The number of likely N-dealkylation sites (tertiary alicyclic amines) is 1. The van der Waals surface area contributed by atoms with Crippen molar-refractivity contribution in [1.82, 2.24) is 4.90 Å². The van der Waals surface area contributed by atoms with Crippen molar-refractivity contribution in [2.75, 3.05) is 19.7 Å². The van der Waals surface area contributed by atoms with Crippen molar-refractivity contribution in [3.63, 3.8) is 0 Å². The minimum absolute atomic E-state index is 0.577. The Kier molecular flexibility index (Phi) is 1.72. The van der Waals surface area contributed by atoms with Crippen molar-refractivity contribution in [1.29, 1.82) is 0 Å². The van der Waals surface area contributed by atoms with Crippen LogP contribution in [0.25, 0.3) is 0 Å². The molecule has 1 aliphatic carbocycles. The molecule has 0 spiro atoms. The van der Waals surface area contributed by atoms with E-state index in [2.05, 4.69) is 11.8 Å². The summed E-state index contributed by atoms with van der Waals surface area (Å²) in [5.74, 6) is 0. The SMILES string of the molecule is CC1(CN2CC3CC2CO3)CCC1. The third kappa shape index (κ3) is 1.31. The largest absolute Gasteiger partial charge is 0.375 e. The Bertz CT molecular complexity index is 212. The zero-order chi connectivity index (χ0) is 8.89. The molecule has 13 heavy (non-hydrogen) atoms. The molecule has 2 nitrogen and oxygen atoms in total. The normalized spacial score (nSPS) is 42.2. The van der Waals surface area contributed by atoms with Gasteiger partial charge in [-0.25, -0.2) is 0 Å². The first-order valence-corrected chi connectivity index (χ1v) is 5.61. The van der Waals surface area contributed by atoms with Gasteiger partial charge in [-0.2, -0.15) is 0 Å². The fourth-order valence-electron chi connectivity index (χ4n) is 3.10. The second kappa shape index (κ2) is 2.71. The number of hydrogen-bond acceptors (Lipinski definition) is 2. The lowest BCUT2D eigenvalue weighted by molar-refractivity contribution is -0.00238. The Morgan fingerprint density at radius 3 is 2.77 bits per heavy atom. The highest BCUT2D eigenvalue weighted by Gasteiger charge is 2.43. The molecule has 74 valence electrons. The minimum Gasteiger partial charge on any atom is -0.375 e. The van der Waals surface area contributed by atoms with Gasteiger partial charge >= 0.3 is 0 Å². The highest BCUT2D eigenvalue weighted by atomic mass is 16.5. The number of rotatable bonds is 2. The molecule has 3 rings (SSSR count). The van der Waals surface area contributed by atoms with Gasteiger partial charge in [0.25, 0.3) is 0 Å². The average Bonchev–Trinajstić information content (AvgIpc) is 2.62. The third-order valence-corrected chi connectivity index (χ3v) is 4.16. The summed E-state index contributed by atoms with van der Waals surface area (Å²) < 4.78 is 5.61. The fourth-order valence-corrected chi connectivity index (χ4v) is 3.10. The molecule has 2 aliphatic heterocycles. The Hall–Kier alpha value is -0.0800. The molecule has 0 aromatic heterocycles. The monoisotopic (exact) mass is 181 g/mol. The van der Waals surface area contributed by atoms with Gasteiger partial charge in [0.1, 0.15) is 0 Å². The number of morpholine rings is 1. The van der Waals surface area contributed by atoms with Crippen molar-refractivity contribution in [2.24, 2.45) is 5.41 Å². The predicted molar refractivity (Wildman–Crippen MR) is 51.7 cm³/mol. The van der Waals surface area contributed by atoms with Crippen LogP contribution in [-0.2, 0) is 4.74 Å². The van der Waals surface area contributed by atoms with Gasteiger partial charge < -0.3 is 4.74 Å². The van der Waals surface area contributed by atoms with Crippen LogP contribution in [0.15, 0.2) is 0 Å². The van der Waals surface area contributed by atoms with Crippen molar-refractivity contribution in [3.8, 4) is 0 Å². The summed E-state index contributed by atoms with van der Waals surface area (Å²) in [5, 5.41) is 0. The van der Waals surface area contributed by atoms with Gasteiger partial charge in [-0.05, 0) is 24.7 Å². The van der Waals surface area contributed by atoms with E-state index >= 15 is 0 Å². The van der Waals surface area contributed by atoms with Crippen LogP contribution in [0.4, 0.5) is 0 Å². The molecule has 0 amide bonds. The topological polar surface area (TPSA) is 12.5 Å². The van der Waals surface area contributed by atoms with Crippen molar-refractivity contribution in [2.45, 2.75) is 44.8 Å². The molecule has 2 heterocycles. The number of nitrogens with zero attached hydrogens (tertiary/aromatic N) is 1. The van der Waals surface area contributed by atoms with Gasteiger partial charge in [-0.3, -0.25) is 4.90 Å². The van der Waals surface area contributed by atoms with Crippen LogP contribution in [0.5, 0.6) is 0 Å². The molecule has 0 aromatic rings. The number of fused-ring (bicyclic) bond motifs is 2. The maximum Gasteiger partial charge on any atom is 0.0718 e. The zero-order valence-corrected chi connectivity index (χ0v) is 8.46. The number of hydrogen-bond donors (Lipinski definition) is 0. The molecule has 0 radical (unpaired) electrons. The molecule has 2 unspecified atom stereocenters. The molecule has 3 fully saturated rings. The third-order valence-electron chi connectivity index (χ3n) is 4.16. The predicted octanol–water partition coefficient (Wildman–Crippen LogP) is 1.65. The first-order valence-electron chi connectivity index (χ1n) is 5.61.